The number of azo groups is 1. The zero-order chi connectivity index (χ0) is 25.4. The van der Waals surface area contributed by atoms with Crippen LogP contribution in [0.4, 0.5) is 10.5 Å². The normalized spacial score (nSPS) is 21.6. The van der Waals surface area contributed by atoms with Crippen LogP contribution in [-0.4, -0.2) is 29.3 Å². The molecule has 0 bridgehead atoms. The van der Waals surface area contributed by atoms with Crippen molar-refractivity contribution in [3.8, 4) is 5.75 Å². The van der Waals surface area contributed by atoms with E-state index in [1.807, 2.05) is 51.1 Å². The van der Waals surface area contributed by atoms with Crippen LogP contribution >= 0.6 is 11.6 Å². The van der Waals surface area contributed by atoms with E-state index in [0.29, 0.717) is 18.1 Å². The molecule has 1 aromatic carbocycles. The Morgan fingerprint density at radius 1 is 1.17 bits per heavy atom. The van der Waals surface area contributed by atoms with E-state index in [2.05, 4.69) is 28.2 Å². The summed E-state index contributed by atoms with van der Waals surface area (Å²) in [6.45, 7) is 8.41. The highest BCUT2D eigenvalue weighted by molar-refractivity contribution is 6.34. The topological polar surface area (TPSA) is 79.3 Å². The van der Waals surface area contributed by atoms with Gasteiger partial charge in [-0.2, -0.15) is 10.2 Å². The molecule has 3 aliphatic rings. The number of fused-ring (bicyclic) bond motifs is 3. The lowest BCUT2D eigenvalue weighted by Crippen LogP contribution is -2.39. The van der Waals surface area contributed by atoms with Gasteiger partial charge in [-0.15, -0.1) is 0 Å². The average Bonchev–Trinajstić information content (AvgIpc) is 3.09. The fourth-order valence-electron chi connectivity index (χ4n) is 5.13. The Labute approximate surface area is 216 Å². The van der Waals surface area contributed by atoms with Gasteiger partial charge in [-0.1, -0.05) is 29.8 Å². The molecule has 8 heteroatoms. The van der Waals surface area contributed by atoms with Crippen LogP contribution in [0.2, 0.25) is 0 Å². The molecule has 0 saturated heterocycles. The summed E-state index contributed by atoms with van der Waals surface area (Å²) < 4.78 is 12.0. The van der Waals surface area contributed by atoms with Crippen molar-refractivity contribution in [3.05, 3.63) is 57.2 Å². The number of allylic oxidation sites excluding steroid dienone is 1. The van der Waals surface area contributed by atoms with Crippen LogP contribution in [0.1, 0.15) is 57.6 Å². The van der Waals surface area contributed by atoms with E-state index in [-0.39, 0.29) is 12.0 Å². The Morgan fingerprint density at radius 2 is 1.92 bits per heavy atom. The van der Waals surface area contributed by atoms with Gasteiger partial charge in [-0.05, 0) is 77.2 Å². The van der Waals surface area contributed by atoms with Crippen LogP contribution in [0.5, 0.6) is 5.75 Å². The van der Waals surface area contributed by atoms with Crippen molar-refractivity contribution in [1.82, 2.24) is 4.98 Å². The Morgan fingerprint density at radius 3 is 2.64 bits per heavy atom. The maximum Gasteiger partial charge on any atom is 0.415 e. The number of ether oxygens (including phenoxy) is 2. The summed E-state index contributed by atoms with van der Waals surface area (Å²) in [6.07, 6.45) is 7.32. The quantitative estimate of drug-likeness (QED) is 0.578. The van der Waals surface area contributed by atoms with Crippen molar-refractivity contribution in [2.75, 3.05) is 11.4 Å². The molecule has 1 aliphatic carbocycles. The monoisotopic (exact) mass is 508 g/mol. The first-order valence-corrected chi connectivity index (χ1v) is 13.0. The smallest absolute Gasteiger partial charge is 0.415 e. The first-order valence-electron chi connectivity index (χ1n) is 12.6. The second-order valence-electron chi connectivity index (χ2n) is 10.7. The molecule has 0 spiro atoms. The van der Waals surface area contributed by atoms with Crippen molar-refractivity contribution < 1.29 is 14.3 Å². The summed E-state index contributed by atoms with van der Waals surface area (Å²) >= 11 is 6.43. The molecule has 2 aromatic rings. The Balaban J connectivity index is 1.44. The number of aromatic nitrogens is 1. The minimum atomic E-state index is -0.604. The number of hydrogen-bond donors (Lipinski definition) is 1. The Hall–Kier alpha value is -3.06. The lowest BCUT2D eigenvalue weighted by molar-refractivity contribution is 0.0584. The Kier molecular flexibility index (Phi) is 6.68. The fourth-order valence-corrected chi connectivity index (χ4v) is 5.30. The molecule has 2 aliphatic heterocycles. The van der Waals surface area contributed by atoms with Gasteiger partial charge in [0.1, 0.15) is 11.4 Å². The summed E-state index contributed by atoms with van der Waals surface area (Å²) in [5.74, 6) is 1.23. The van der Waals surface area contributed by atoms with Crippen LogP contribution in [-0.2, 0) is 11.3 Å². The lowest BCUT2D eigenvalue weighted by atomic mass is 9.84. The summed E-state index contributed by atoms with van der Waals surface area (Å²) in [5.41, 5.74) is 3.25. The molecule has 1 aromatic heterocycles. The van der Waals surface area contributed by atoms with E-state index in [1.165, 1.54) is 0 Å². The Bertz CT molecular complexity index is 1340. The van der Waals surface area contributed by atoms with Gasteiger partial charge < -0.3 is 14.5 Å². The number of amides is 1. The SMILES string of the molecule is Cc1ccccc1OC1CCC(C2=c3[nH]c4c(c3CN=N2)N(C(=O)OC(C)(C)C)CC=C(Cl)C=4)CC1. The molecule has 1 N–H and O–H groups in total. The molecule has 190 valence electrons. The van der Waals surface area contributed by atoms with Crippen molar-refractivity contribution in [1.29, 1.82) is 0 Å². The van der Waals surface area contributed by atoms with E-state index in [9.17, 15) is 4.79 Å². The largest absolute Gasteiger partial charge is 0.490 e. The van der Waals surface area contributed by atoms with Gasteiger partial charge >= 0.3 is 6.09 Å². The number of H-pyrrole nitrogens is 1. The third-order valence-electron chi connectivity index (χ3n) is 6.85. The highest BCUT2D eigenvalue weighted by atomic mass is 35.5. The van der Waals surface area contributed by atoms with Crippen molar-refractivity contribution in [2.45, 2.75) is 71.6 Å². The zero-order valence-corrected chi connectivity index (χ0v) is 22.1. The molecule has 1 fully saturated rings. The fraction of sp³-hybridized carbons (Fsp3) is 0.464. The molecule has 0 unspecified atom stereocenters. The molecule has 1 amide bonds. The third-order valence-corrected chi connectivity index (χ3v) is 7.11. The van der Waals surface area contributed by atoms with Crippen LogP contribution < -0.4 is 20.3 Å². The third kappa shape index (κ3) is 5.07. The summed E-state index contributed by atoms with van der Waals surface area (Å²) in [4.78, 5) is 18.3. The van der Waals surface area contributed by atoms with E-state index < -0.39 is 11.7 Å². The molecular formula is C28H33ClN4O3. The van der Waals surface area contributed by atoms with E-state index in [4.69, 9.17) is 21.1 Å². The van der Waals surface area contributed by atoms with Crippen LogP contribution in [0.3, 0.4) is 0 Å². The van der Waals surface area contributed by atoms with E-state index >= 15 is 0 Å². The van der Waals surface area contributed by atoms with Crippen LogP contribution in [0, 0.1) is 12.8 Å². The van der Waals surface area contributed by atoms with Crippen molar-refractivity contribution in [3.63, 3.8) is 0 Å². The van der Waals surface area contributed by atoms with Gasteiger partial charge in [0.05, 0.1) is 34.7 Å². The summed E-state index contributed by atoms with van der Waals surface area (Å²) in [7, 11) is 0. The van der Waals surface area contributed by atoms with Crippen LogP contribution in [0.15, 0.2) is 45.6 Å². The highest BCUT2D eigenvalue weighted by Gasteiger charge is 2.32. The second kappa shape index (κ2) is 9.77. The van der Waals surface area contributed by atoms with Gasteiger partial charge in [-0.3, -0.25) is 4.90 Å². The number of carbonyl (C=O) groups excluding carboxylic acids is 1. The van der Waals surface area contributed by atoms with Crippen LogP contribution in [0.25, 0.3) is 11.8 Å². The highest BCUT2D eigenvalue weighted by Crippen LogP contribution is 2.35. The molecule has 0 atom stereocenters. The van der Waals surface area contributed by atoms with Gasteiger partial charge in [0.25, 0.3) is 0 Å². The number of benzene rings is 1. The lowest BCUT2D eigenvalue weighted by Gasteiger charge is -2.30. The maximum absolute atomic E-state index is 13.1. The number of rotatable bonds is 3. The minimum absolute atomic E-state index is 0.197. The number of halogens is 1. The molecule has 1 saturated carbocycles. The van der Waals surface area contributed by atoms with Gasteiger partial charge in [0.15, 0.2) is 0 Å². The molecular weight excluding hydrogens is 476 g/mol. The van der Waals surface area contributed by atoms with E-state index in [0.717, 1.165) is 64.6 Å². The number of aromatic amines is 1. The number of nitrogens with one attached hydrogen (secondary N) is 1. The second-order valence-corrected chi connectivity index (χ2v) is 11.1. The molecule has 7 nitrogen and oxygen atoms in total. The van der Waals surface area contributed by atoms with Crippen molar-refractivity contribution >= 4 is 35.2 Å². The number of aryl methyl sites for hydroxylation is 1. The van der Waals surface area contributed by atoms with Crippen molar-refractivity contribution in [2.24, 2.45) is 16.1 Å². The average molecular weight is 509 g/mol. The summed E-state index contributed by atoms with van der Waals surface area (Å²) in [6, 6.07) is 8.16. The molecule has 5 rings (SSSR count). The standard InChI is InChI=1S/C28H33ClN4O3/c1-17-7-5-6-8-23(17)35-20-11-9-18(10-12-20)24-25-21(16-30-32-24)26-22(31-25)15-19(29)13-14-33(26)27(34)36-28(2,3)4/h5-8,13,15,18,20,31H,9-12,14,16H2,1-4H3. The number of anilines is 1. The maximum atomic E-state index is 13.1. The first kappa shape index (κ1) is 24.6. The number of para-hydroxylation sites is 1. The van der Waals surface area contributed by atoms with Gasteiger partial charge in [0, 0.05) is 23.1 Å². The predicted molar refractivity (Wildman–Crippen MR) is 142 cm³/mol. The van der Waals surface area contributed by atoms with Gasteiger partial charge in [0.2, 0.25) is 0 Å². The first-order chi connectivity index (χ1) is 17.2. The predicted octanol–water partition coefficient (Wildman–Crippen LogP) is 5.69. The molecule has 0 radical (unpaired) electrons. The minimum Gasteiger partial charge on any atom is -0.490 e. The number of nitrogens with zero attached hydrogens (tertiary/aromatic N) is 3. The number of hydrogen-bond acceptors (Lipinski definition) is 5. The summed E-state index contributed by atoms with van der Waals surface area (Å²) in [5, 5.41) is 11.4. The zero-order valence-electron chi connectivity index (χ0n) is 21.3. The van der Waals surface area contributed by atoms with Gasteiger partial charge in [-0.25, -0.2) is 4.79 Å². The molecule has 36 heavy (non-hydrogen) atoms. The number of carbonyl (C=O) groups is 1. The molecule has 3 heterocycles. The van der Waals surface area contributed by atoms with E-state index in [1.54, 1.807) is 4.90 Å².